The summed E-state index contributed by atoms with van der Waals surface area (Å²) in [5, 5.41) is 17.6. The number of imidazole rings is 1. The van der Waals surface area contributed by atoms with E-state index in [2.05, 4.69) is 52.4 Å². The summed E-state index contributed by atoms with van der Waals surface area (Å²) in [6, 6.07) is 5.05. The number of piperidine rings is 1. The van der Waals surface area contributed by atoms with Crippen LogP contribution in [-0.2, 0) is 6.42 Å². The number of hydrogen-bond donors (Lipinski definition) is 2. The molecule has 0 spiro atoms. The summed E-state index contributed by atoms with van der Waals surface area (Å²) in [6.45, 7) is 5.93. The van der Waals surface area contributed by atoms with Gasteiger partial charge in [0.2, 0.25) is 0 Å². The maximum absolute atomic E-state index is 13.7. The van der Waals surface area contributed by atoms with E-state index in [0.29, 0.717) is 35.2 Å². The molecule has 0 bridgehead atoms. The van der Waals surface area contributed by atoms with Gasteiger partial charge < -0.3 is 10.2 Å². The predicted molar refractivity (Wildman–Crippen MR) is 111 cm³/mol. The molecule has 0 aliphatic carbocycles. The normalized spacial score (nSPS) is 16.5. The van der Waals surface area contributed by atoms with Crippen LogP contribution in [0, 0.1) is 5.82 Å². The van der Waals surface area contributed by atoms with Gasteiger partial charge in [0, 0.05) is 37.2 Å². The number of aromatic amines is 1. The Hall–Kier alpha value is -3.89. The third-order valence-electron chi connectivity index (χ3n) is 5.33. The zero-order valence-corrected chi connectivity index (χ0v) is 16.7. The quantitative estimate of drug-likeness (QED) is 0.488. The molecular formula is C20H21FN10. The molecule has 158 valence electrons. The fourth-order valence-corrected chi connectivity index (χ4v) is 3.83. The molecule has 31 heavy (non-hydrogen) atoms. The molecule has 1 aliphatic heterocycles. The van der Waals surface area contributed by atoms with Gasteiger partial charge in [0.15, 0.2) is 11.6 Å². The van der Waals surface area contributed by atoms with E-state index < -0.39 is 0 Å². The van der Waals surface area contributed by atoms with Crippen LogP contribution in [0.5, 0.6) is 0 Å². The van der Waals surface area contributed by atoms with Crippen molar-refractivity contribution in [2.45, 2.75) is 25.3 Å². The van der Waals surface area contributed by atoms with Crippen LogP contribution >= 0.6 is 0 Å². The van der Waals surface area contributed by atoms with Crippen LogP contribution in [0.15, 0.2) is 49.1 Å². The van der Waals surface area contributed by atoms with Crippen molar-refractivity contribution in [1.82, 2.24) is 44.9 Å². The molecule has 4 aromatic heterocycles. The first-order valence-corrected chi connectivity index (χ1v) is 10.0. The van der Waals surface area contributed by atoms with Gasteiger partial charge in [-0.25, -0.2) is 19.3 Å². The van der Waals surface area contributed by atoms with Crippen LogP contribution in [0.4, 0.5) is 10.2 Å². The molecule has 0 radical (unpaired) electrons. The lowest BCUT2D eigenvalue weighted by Crippen LogP contribution is -2.41. The van der Waals surface area contributed by atoms with Crippen LogP contribution in [0.1, 0.15) is 18.7 Å². The number of allylic oxidation sites excluding steroid dienone is 1. The van der Waals surface area contributed by atoms with Gasteiger partial charge in [-0.3, -0.25) is 4.40 Å². The Kier molecular flexibility index (Phi) is 4.98. The van der Waals surface area contributed by atoms with Gasteiger partial charge in [0.1, 0.15) is 23.0 Å². The summed E-state index contributed by atoms with van der Waals surface area (Å²) < 4.78 is 15.3. The molecule has 0 amide bonds. The van der Waals surface area contributed by atoms with E-state index in [9.17, 15) is 4.39 Å². The van der Waals surface area contributed by atoms with Crippen LogP contribution in [-0.4, -0.2) is 64.0 Å². The van der Waals surface area contributed by atoms with Crippen molar-refractivity contribution < 1.29 is 4.39 Å². The Morgan fingerprint density at radius 1 is 1.29 bits per heavy atom. The number of likely N-dealkylation sites (tertiary alicyclic amines) is 1. The number of halogens is 1. The van der Waals surface area contributed by atoms with Gasteiger partial charge in [0.25, 0.3) is 0 Å². The zero-order valence-electron chi connectivity index (χ0n) is 16.7. The Balaban J connectivity index is 1.30. The van der Waals surface area contributed by atoms with Gasteiger partial charge in [0.05, 0.1) is 12.6 Å². The smallest absolute Gasteiger partial charge is 0.180 e. The molecule has 1 aliphatic rings. The van der Waals surface area contributed by atoms with Crippen molar-refractivity contribution in [2.24, 2.45) is 0 Å². The zero-order chi connectivity index (χ0) is 21.2. The van der Waals surface area contributed by atoms with Gasteiger partial charge in [-0.15, -0.1) is 10.2 Å². The van der Waals surface area contributed by atoms with Gasteiger partial charge in [-0.2, -0.15) is 5.21 Å². The first-order chi connectivity index (χ1) is 15.2. The summed E-state index contributed by atoms with van der Waals surface area (Å²) >= 11 is 0. The number of hydrogen-bond acceptors (Lipinski definition) is 8. The third kappa shape index (κ3) is 4.06. The second kappa shape index (κ2) is 8.09. The van der Waals surface area contributed by atoms with Gasteiger partial charge in [-0.1, -0.05) is 11.8 Å². The Labute approximate surface area is 177 Å². The minimum absolute atomic E-state index is 0.207. The summed E-state index contributed by atoms with van der Waals surface area (Å²) in [4.78, 5) is 15.5. The van der Waals surface area contributed by atoms with E-state index in [4.69, 9.17) is 0 Å². The molecule has 10 nitrogen and oxygen atoms in total. The fraction of sp³-hybridized carbons (Fsp3) is 0.300. The molecule has 2 N–H and O–H groups in total. The Morgan fingerprint density at radius 3 is 3.10 bits per heavy atom. The maximum Gasteiger partial charge on any atom is 0.180 e. The van der Waals surface area contributed by atoms with Crippen molar-refractivity contribution in [3.8, 4) is 11.5 Å². The first-order valence-electron chi connectivity index (χ1n) is 10.0. The summed E-state index contributed by atoms with van der Waals surface area (Å²) in [6.07, 6.45) is 7.35. The van der Waals surface area contributed by atoms with Crippen molar-refractivity contribution in [3.05, 3.63) is 60.7 Å². The number of fused-ring (bicyclic) bond motifs is 1. The molecule has 1 atom stereocenters. The van der Waals surface area contributed by atoms with E-state index in [0.717, 1.165) is 31.6 Å². The van der Waals surface area contributed by atoms with Crippen molar-refractivity contribution in [3.63, 3.8) is 0 Å². The summed E-state index contributed by atoms with van der Waals surface area (Å²) in [5.74, 6) is 1.48. The number of pyridine rings is 1. The highest BCUT2D eigenvalue weighted by Crippen LogP contribution is 2.22. The molecule has 0 unspecified atom stereocenters. The van der Waals surface area contributed by atoms with Crippen LogP contribution in [0.3, 0.4) is 0 Å². The fourth-order valence-electron chi connectivity index (χ4n) is 3.83. The van der Waals surface area contributed by atoms with Crippen molar-refractivity contribution >= 4 is 11.5 Å². The molecule has 1 fully saturated rings. The Bertz CT molecular complexity index is 1200. The second-order valence-corrected chi connectivity index (χ2v) is 7.48. The van der Waals surface area contributed by atoms with E-state index in [1.165, 1.54) is 12.3 Å². The number of anilines is 1. The van der Waals surface area contributed by atoms with E-state index in [1.807, 2.05) is 6.07 Å². The van der Waals surface area contributed by atoms with Crippen LogP contribution in [0.25, 0.3) is 17.2 Å². The van der Waals surface area contributed by atoms with Gasteiger partial charge in [-0.05, 0) is 31.0 Å². The third-order valence-corrected chi connectivity index (χ3v) is 5.33. The maximum atomic E-state index is 13.7. The lowest BCUT2D eigenvalue weighted by Gasteiger charge is -2.35. The number of rotatable bonds is 6. The highest BCUT2D eigenvalue weighted by Gasteiger charge is 2.22. The van der Waals surface area contributed by atoms with Crippen LogP contribution in [0.2, 0.25) is 0 Å². The second-order valence-electron chi connectivity index (χ2n) is 7.48. The van der Waals surface area contributed by atoms with Crippen molar-refractivity contribution in [1.29, 1.82) is 0 Å². The SMILES string of the molecule is C=C(Cc1nn[nH]n1)N1CCC[C@@H](Nc2ccnc(-c3cnc4ccc(F)cn34)n2)C1. The Morgan fingerprint density at radius 2 is 2.23 bits per heavy atom. The average Bonchev–Trinajstić information content (AvgIpc) is 3.43. The molecular weight excluding hydrogens is 399 g/mol. The highest BCUT2D eigenvalue weighted by molar-refractivity contribution is 5.58. The molecule has 1 saturated heterocycles. The molecule has 5 heterocycles. The monoisotopic (exact) mass is 420 g/mol. The number of nitrogens with zero attached hydrogens (tertiary/aromatic N) is 8. The van der Waals surface area contributed by atoms with Gasteiger partial charge >= 0.3 is 0 Å². The summed E-state index contributed by atoms with van der Waals surface area (Å²) in [5.41, 5.74) is 2.24. The molecule has 4 aromatic rings. The number of tetrazole rings is 1. The van der Waals surface area contributed by atoms with E-state index in [-0.39, 0.29) is 11.9 Å². The molecule has 0 saturated carbocycles. The van der Waals surface area contributed by atoms with E-state index >= 15 is 0 Å². The first kappa shape index (κ1) is 19.1. The average molecular weight is 420 g/mol. The highest BCUT2D eigenvalue weighted by atomic mass is 19.1. The largest absolute Gasteiger partial charge is 0.373 e. The molecule has 5 rings (SSSR count). The summed E-state index contributed by atoms with van der Waals surface area (Å²) in [7, 11) is 0. The number of H-pyrrole nitrogens is 1. The molecule has 0 aromatic carbocycles. The lowest BCUT2D eigenvalue weighted by atomic mass is 10.0. The standard InChI is InChI=1S/C20H21FN10/c1-13(9-18-26-28-29-27-18)30-8-2-3-15(12-30)24-17-6-7-22-20(25-17)16-10-23-19-5-4-14(21)11-31(16)19/h4-7,10-11,15H,1-3,8-9,12H2,(H,22,24,25)(H,26,27,28,29)/t15-/m1/s1. The minimum Gasteiger partial charge on any atom is -0.373 e. The van der Waals surface area contributed by atoms with Crippen molar-refractivity contribution in [2.75, 3.05) is 18.4 Å². The number of aromatic nitrogens is 8. The minimum atomic E-state index is -0.343. The van der Waals surface area contributed by atoms with Crippen LogP contribution < -0.4 is 5.32 Å². The predicted octanol–water partition coefficient (Wildman–Crippen LogP) is 2.08. The lowest BCUT2D eigenvalue weighted by molar-refractivity contribution is 0.264. The molecule has 11 heteroatoms. The number of nitrogens with one attached hydrogen (secondary N) is 2. The van der Waals surface area contributed by atoms with E-state index in [1.54, 1.807) is 22.9 Å². The topological polar surface area (TPSA) is 113 Å².